The summed E-state index contributed by atoms with van der Waals surface area (Å²) in [4.78, 5) is 32.7. The maximum absolute atomic E-state index is 11.9. The number of amides is 1. The zero-order valence-electron chi connectivity index (χ0n) is 12.3. The van der Waals surface area contributed by atoms with E-state index in [0.717, 1.165) is 22.7 Å². The van der Waals surface area contributed by atoms with Crippen molar-refractivity contribution < 1.29 is 4.79 Å². The molecule has 0 fully saturated rings. The number of thioether (sulfide) groups is 1. The lowest BCUT2D eigenvalue weighted by Gasteiger charge is -2.05. The van der Waals surface area contributed by atoms with Gasteiger partial charge in [0.25, 0.3) is 0 Å². The standard InChI is InChI=1S/C16H16N4O2S/c21-15(6-8-23-10-12-3-1-2-7-17-12)18-11-4-5-13-14(9-11)20-16(22)19-13/h1-5,7,9H,6,8,10H2,(H,18,21)(H2,19,20,22). The second-order valence-corrected chi connectivity index (χ2v) is 6.12. The van der Waals surface area contributed by atoms with Crippen molar-refractivity contribution in [3.05, 3.63) is 58.8 Å². The molecule has 0 saturated heterocycles. The first-order valence-corrected chi connectivity index (χ1v) is 8.36. The quantitative estimate of drug-likeness (QED) is 0.606. The molecule has 1 amide bonds. The summed E-state index contributed by atoms with van der Waals surface area (Å²) >= 11 is 1.68. The largest absolute Gasteiger partial charge is 0.326 e. The molecule has 6 nitrogen and oxygen atoms in total. The van der Waals surface area contributed by atoms with E-state index in [2.05, 4.69) is 20.3 Å². The number of hydrogen-bond acceptors (Lipinski definition) is 4. The number of rotatable bonds is 6. The highest BCUT2D eigenvalue weighted by atomic mass is 32.2. The number of carbonyl (C=O) groups is 1. The Hall–Kier alpha value is -2.54. The van der Waals surface area contributed by atoms with E-state index in [0.29, 0.717) is 17.6 Å². The van der Waals surface area contributed by atoms with E-state index in [4.69, 9.17) is 0 Å². The zero-order valence-corrected chi connectivity index (χ0v) is 13.2. The van der Waals surface area contributed by atoms with Gasteiger partial charge < -0.3 is 15.3 Å². The molecule has 0 spiro atoms. The number of nitrogens with zero attached hydrogens (tertiary/aromatic N) is 1. The Morgan fingerprint density at radius 1 is 1.17 bits per heavy atom. The molecule has 0 aliphatic heterocycles. The molecule has 3 rings (SSSR count). The van der Waals surface area contributed by atoms with E-state index in [1.54, 1.807) is 36.2 Å². The highest BCUT2D eigenvalue weighted by molar-refractivity contribution is 7.98. The Morgan fingerprint density at radius 2 is 2.04 bits per heavy atom. The molecular formula is C16H16N4O2S. The van der Waals surface area contributed by atoms with Crippen molar-refractivity contribution in [3.63, 3.8) is 0 Å². The third-order valence-corrected chi connectivity index (χ3v) is 4.24. The summed E-state index contributed by atoms with van der Waals surface area (Å²) in [5.74, 6) is 1.48. The fourth-order valence-corrected chi connectivity index (χ4v) is 3.01. The van der Waals surface area contributed by atoms with E-state index in [1.807, 2.05) is 18.2 Å². The van der Waals surface area contributed by atoms with Gasteiger partial charge in [-0.25, -0.2) is 4.79 Å². The number of aromatic nitrogens is 3. The molecule has 0 saturated carbocycles. The zero-order chi connectivity index (χ0) is 16.1. The van der Waals surface area contributed by atoms with Crippen LogP contribution in [-0.2, 0) is 10.5 Å². The van der Waals surface area contributed by atoms with Crippen molar-refractivity contribution >= 4 is 34.4 Å². The van der Waals surface area contributed by atoms with Gasteiger partial charge in [0.2, 0.25) is 5.91 Å². The lowest BCUT2D eigenvalue weighted by Crippen LogP contribution is -2.12. The van der Waals surface area contributed by atoms with Gasteiger partial charge in [-0.1, -0.05) is 6.07 Å². The number of imidazole rings is 1. The molecule has 0 bridgehead atoms. The van der Waals surface area contributed by atoms with Gasteiger partial charge in [-0.2, -0.15) is 11.8 Å². The Bertz CT molecular complexity index is 857. The number of nitrogens with one attached hydrogen (secondary N) is 3. The van der Waals surface area contributed by atoms with E-state index in [-0.39, 0.29) is 11.6 Å². The van der Waals surface area contributed by atoms with Gasteiger partial charge in [0, 0.05) is 29.8 Å². The van der Waals surface area contributed by atoms with Crippen molar-refractivity contribution in [1.29, 1.82) is 0 Å². The van der Waals surface area contributed by atoms with Crippen molar-refractivity contribution in [2.45, 2.75) is 12.2 Å². The molecule has 23 heavy (non-hydrogen) atoms. The van der Waals surface area contributed by atoms with Gasteiger partial charge in [0.15, 0.2) is 0 Å². The number of carbonyl (C=O) groups excluding carboxylic acids is 1. The predicted molar refractivity (Wildman–Crippen MR) is 92.6 cm³/mol. The molecule has 0 radical (unpaired) electrons. The third-order valence-electron chi connectivity index (χ3n) is 3.25. The Kier molecular flexibility index (Phi) is 4.77. The average Bonchev–Trinajstić information content (AvgIpc) is 2.92. The monoisotopic (exact) mass is 328 g/mol. The van der Waals surface area contributed by atoms with Crippen LogP contribution in [0.2, 0.25) is 0 Å². The van der Waals surface area contributed by atoms with Crippen molar-refractivity contribution in [1.82, 2.24) is 15.0 Å². The molecule has 7 heteroatoms. The van der Waals surface area contributed by atoms with Crippen molar-refractivity contribution in [3.8, 4) is 0 Å². The maximum atomic E-state index is 11.9. The molecular weight excluding hydrogens is 312 g/mol. The van der Waals surface area contributed by atoms with Gasteiger partial charge in [-0.3, -0.25) is 9.78 Å². The van der Waals surface area contributed by atoms with Crippen LogP contribution in [0, 0.1) is 0 Å². The van der Waals surface area contributed by atoms with Crippen LogP contribution in [0.1, 0.15) is 12.1 Å². The smallest absolute Gasteiger partial charge is 0.323 e. The molecule has 0 aliphatic rings. The lowest BCUT2D eigenvalue weighted by atomic mass is 10.2. The molecule has 0 aliphatic carbocycles. The van der Waals surface area contributed by atoms with Crippen LogP contribution in [0.15, 0.2) is 47.4 Å². The molecule has 1 aromatic carbocycles. The topological polar surface area (TPSA) is 90.6 Å². The number of hydrogen-bond donors (Lipinski definition) is 3. The number of H-pyrrole nitrogens is 2. The van der Waals surface area contributed by atoms with Crippen LogP contribution in [-0.4, -0.2) is 26.6 Å². The second kappa shape index (κ2) is 7.15. The number of anilines is 1. The Labute approximate surface area is 136 Å². The molecule has 0 atom stereocenters. The Balaban J connectivity index is 1.47. The van der Waals surface area contributed by atoms with E-state index in [1.165, 1.54) is 0 Å². The number of fused-ring (bicyclic) bond motifs is 1. The molecule has 3 N–H and O–H groups in total. The van der Waals surface area contributed by atoms with Gasteiger partial charge in [-0.15, -0.1) is 0 Å². The van der Waals surface area contributed by atoms with Gasteiger partial charge in [0.05, 0.1) is 16.7 Å². The molecule has 2 aromatic heterocycles. The van der Waals surface area contributed by atoms with Gasteiger partial charge >= 0.3 is 5.69 Å². The predicted octanol–water partition coefficient (Wildman–Crippen LogP) is 2.51. The minimum absolute atomic E-state index is 0.0456. The summed E-state index contributed by atoms with van der Waals surface area (Å²) in [6, 6.07) is 11.1. The fraction of sp³-hybridized carbons (Fsp3) is 0.188. The van der Waals surface area contributed by atoms with Crippen molar-refractivity contribution in [2.75, 3.05) is 11.1 Å². The summed E-state index contributed by atoms with van der Waals surface area (Å²) < 4.78 is 0. The van der Waals surface area contributed by atoms with Crippen LogP contribution < -0.4 is 11.0 Å². The highest BCUT2D eigenvalue weighted by Crippen LogP contribution is 2.15. The third kappa shape index (κ3) is 4.23. The minimum atomic E-state index is -0.255. The molecule has 118 valence electrons. The summed E-state index contributed by atoms with van der Waals surface area (Å²) in [6.45, 7) is 0. The summed E-state index contributed by atoms with van der Waals surface area (Å²) in [6.07, 6.45) is 2.20. The number of aromatic amines is 2. The molecule has 2 heterocycles. The van der Waals surface area contributed by atoms with Gasteiger partial charge in [0.1, 0.15) is 0 Å². The molecule has 0 unspecified atom stereocenters. The highest BCUT2D eigenvalue weighted by Gasteiger charge is 2.05. The SMILES string of the molecule is O=C(CCSCc1ccccn1)Nc1ccc2[nH]c(=O)[nH]c2c1. The second-order valence-electron chi connectivity index (χ2n) is 5.01. The first-order chi connectivity index (χ1) is 11.2. The number of benzene rings is 1. The van der Waals surface area contributed by atoms with Crippen LogP contribution in [0.5, 0.6) is 0 Å². The first-order valence-electron chi connectivity index (χ1n) is 7.20. The maximum Gasteiger partial charge on any atom is 0.323 e. The average molecular weight is 328 g/mol. The fourth-order valence-electron chi connectivity index (χ4n) is 2.16. The summed E-state index contributed by atoms with van der Waals surface area (Å²) in [5.41, 5.74) is 2.83. The Morgan fingerprint density at radius 3 is 2.87 bits per heavy atom. The number of pyridine rings is 1. The van der Waals surface area contributed by atoms with E-state index < -0.39 is 0 Å². The molecule has 3 aromatic rings. The first kappa shape index (κ1) is 15.4. The van der Waals surface area contributed by atoms with Gasteiger partial charge in [-0.05, 0) is 30.3 Å². The normalized spacial score (nSPS) is 10.8. The summed E-state index contributed by atoms with van der Waals surface area (Å²) in [5, 5.41) is 2.84. The minimum Gasteiger partial charge on any atom is -0.326 e. The summed E-state index contributed by atoms with van der Waals surface area (Å²) in [7, 11) is 0. The van der Waals surface area contributed by atoms with Crippen molar-refractivity contribution in [2.24, 2.45) is 0 Å². The van der Waals surface area contributed by atoms with E-state index in [9.17, 15) is 9.59 Å². The van der Waals surface area contributed by atoms with Crippen LogP contribution >= 0.6 is 11.8 Å². The van der Waals surface area contributed by atoms with E-state index >= 15 is 0 Å². The van der Waals surface area contributed by atoms with Crippen LogP contribution in [0.4, 0.5) is 5.69 Å². The van der Waals surface area contributed by atoms with Crippen LogP contribution in [0.3, 0.4) is 0 Å². The van der Waals surface area contributed by atoms with Crippen LogP contribution in [0.25, 0.3) is 11.0 Å². The lowest BCUT2D eigenvalue weighted by molar-refractivity contribution is -0.115.